The molecule has 0 heterocycles. The van der Waals surface area contributed by atoms with Crippen LogP contribution >= 0.6 is 0 Å². The molecule has 1 amide bonds. The van der Waals surface area contributed by atoms with Crippen LogP contribution in [0.25, 0.3) is 0 Å². The molecule has 0 spiro atoms. The molecule has 142 valence electrons. The summed E-state index contributed by atoms with van der Waals surface area (Å²) in [6, 6.07) is 24.8. The number of carbonyl (C=O) groups excluding carboxylic acids is 1. The number of rotatable bonds is 6. The van der Waals surface area contributed by atoms with E-state index in [1.807, 2.05) is 92.6 Å². The molecule has 0 aromatic heterocycles. The van der Waals surface area contributed by atoms with E-state index in [1.54, 1.807) is 12.1 Å². The van der Waals surface area contributed by atoms with Crippen molar-refractivity contribution in [1.82, 2.24) is 5.32 Å². The van der Waals surface area contributed by atoms with Crippen molar-refractivity contribution in [2.45, 2.75) is 13.0 Å². The Bertz CT molecular complexity index is 950. The number of nitrogens with one attached hydrogen (secondary N) is 1. The maximum absolute atomic E-state index is 12.8. The minimum Gasteiger partial charge on any atom is -0.378 e. The average Bonchev–Trinajstić information content (AvgIpc) is 2.73. The van der Waals surface area contributed by atoms with E-state index in [9.17, 15) is 4.79 Å². The van der Waals surface area contributed by atoms with Gasteiger partial charge in [0.2, 0.25) is 0 Å². The summed E-state index contributed by atoms with van der Waals surface area (Å²) in [5.74, 6) is -0.172. The molecular formula is C23H24N4O. The lowest BCUT2D eigenvalue weighted by Crippen LogP contribution is -2.26. The second-order valence-electron chi connectivity index (χ2n) is 6.73. The van der Waals surface area contributed by atoms with Crippen molar-refractivity contribution in [3.63, 3.8) is 0 Å². The molecule has 0 saturated carbocycles. The number of nitrogens with zero attached hydrogens (tertiary/aromatic N) is 3. The predicted octanol–water partition coefficient (Wildman–Crippen LogP) is 5.66. The summed E-state index contributed by atoms with van der Waals surface area (Å²) in [7, 11) is 3.98. The van der Waals surface area contributed by atoms with E-state index in [0.29, 0.717) is 11.3 Å². The van der Waals surface area contributed by atoms with E-state index >= 15 is 0 Å². The topological polar surface area (TPSA) is 57.1 Å². The van der Waals surface area contributed by atoms with Crippen LogP contribution in [0.1, 0.15) is 28.9 Å². The Labute approximate surface area is 165 Å². The zero-order valence-corrected chi connectivity index (χ0v) is 16.3. The summed E-state index contributed by atoms with van der Waals surface area (Å²) in [6.07, 6.45) is 0. The molecule has 5 nitrogen and oxygen atoms in total. The van der Waals surface area contributed by atoms with E-state index in [2.05, 4.69) is 15.5 Å². The van der Waals surface area contributed by atoms with E-state index < -0.39 is 0 Å². The van der Waals surface area contributed by atoms with E-state index in [4.69, 9.17) is 0 Å². The lowest BCUT2D eigenvalue weighted by molar-refractivity contribution is 0.0940. The first-order chi connectivity index (χ1) is 13.5. The Kier molecular flexibility index (Phi) is 6.17. The van der Waals surface area contributed by atoms with Crippen LogP contribution in [0.2, 0.25) is 0 Å². The average molecular weight is 372 g/mol. The molecule has 1 unspecified atom stereocenters. The van der Waals surface area contributed by atoms with Gasteiger partial charge in [-0.1, -0.05) is 42.5 Å². The molecule has 0 aliphatic heterocycles. The minimum atomic E-state index is -0.172. The Morgan fingerprint density at radius 1 is 0.857 bits per heavy atom. The fourth-order valence-corrected chi connectivity index (χ4v) is 2.78. The third-order valence-electron chi connectivity index (χ3n) is 4.44. The summed E-state index contributed by atoms with van der Waals surface area (Å²) in [5, 5.41) is 11.6. The Balaban J connectivity index is 1.76. The Morgan fingerprint density at radius 3 is 2.18 bits per heavy atom. The molecule has 0 saturated heterocycles. The number of hydrogen-bond acceptors (Lipinski definition) is 4. The molecule has 1 N–H and O–H groups in total. The van der Waals surface area contributed by atoms with Crippen molar-refractivity contribution in [3.8, 4) is 0 Å². The van der Waals surface area contributed by atoms with Gasteiger partial charge in [0.1, 0.15) is 0 Å². The molecule has 5 heteroatoms. The molecule has 3 aromatic rings. The Morgan fingerprint density at radius 2 is 1.50 bits per heavy atom. The maximum atomic E-state index is 12.8. The van der Waals surface area contributed by atoms with Crippen molar-refractivity contribution in [3.05, 3.63) is 90.0 Å². The van der Waals surface area contributed by atoms with Gasteiger partial charge < -0.3 is 10.2 Å². The van der Waals surface area contributed by atoms with Gasteiger partial charge in [-0.3, -0.25) is 4.79 Å². The fraction of sp³-hybridized carbons (Fsp3) is 0.174. The van der Waals surface area contributed by atoms with Gasteiger partial charge in [0.15, 0.2) is 0 Å². The van der Waals surface area contributed by atoms with Gasteiger partial charge in [0, 0.05) is 19.8 Å². The second kappa shape index (κ2) is 8.95. The van der Waals surface area contributed by atoms with Crippen LogP contribution in [0.3, 0.4) is 0 Å². The van der Waals surface area contributed by atoms with Gasteiger partial charge >= 0.3 is 0 Å². The number of hydrogen-bond donors (Lipinski definition) is 1. The molecule has 0 aliphatic rings. The van der Waals surface area contributed by atoms with Gasteiger partial charge in [-0.25, -0.2) is 0 Å². The third kappa shape index (κ3) is 4.82. The SMILES string of the molecule is CC(NC(=O)c1ccccc1N=Nc1ccc(N(C)C)cc1)c1ccccc1. The summed E-state index contributed by atoms with van der Waals surface area (Å²) >= 11 is 0. The molecule has 0 aliphatic carbocycles. The summed E-state index contributed by atoms with van der Waals surface area (Å²) in [4.78, 5) is 14.8. The lowest BCUT2D eigenvalue weighted by atomic mass is 10.1. The van der Waals surface area contributed by atoms with Crippen molar-refractivity contribution < 1.29 is 4.79 Å². The van der Waals surface area contributed by atoms with Crippen LogP contribution in [-0.2, 0) is 0 Å². The second-order valence-corrected chi connectivity index (χ2v) is 6.73. The monoisotopic (exact) mass is 372 g/mol. The lowest BCUT2D eigenvalue weighted by Gasteiger charge is -2.15. The van der Waals surface area contributed by atoms with E-state index in [1.165, 1.54) is 0 Å². The zero-order valence-electron chi connectivity index (χ0n) is 16.3. The van der Waals surface area contributed by atoms with Gasteiger partial charge in [0.05, 0.1) is 23.0 Å². The van der Waals surface area contributed by atoms with Crippen LogP contribution in [0, 0.1) is 0 Å². The highest BCUT2D eigenvalue weighted by molar-refractivity contribution is 5.99. The highest BCUT2D eigenvalue weighted by Gasteiger charge is 2.14. The van der Waals surface area contributed by atoms with Crippen LogP contribution < -0.4 is 10.2 Å². The molecule has 0 fully saturated rings. The summed E-state index contributed by atoms with van der Waals surface area (Å²) in [5.41, 5.74) is 3.92. The van der Waals surface area contributed by atoms with Gasteiger partial charge in [0.25, 0.3) is 5.91 Å². The molecule has 28 heavy (non-hydrogen) atoms. The van der Waals surface area contributed by atoms with Gasteiger partial charge in [-0.2, -0.15) is 5.11 Å². The van der Waals surface area contributed by atoms with Crippen LogP contribution in [0.5, 0.6) is 0 Å². The minimum absolute atomic E-state index is 0.0997. The smallest absolute Gasteiger partial charge is 0.254 e. The van der Waals surface area contributed by atoms with E-state index in [0.717, 1.165) is 16.9 Å². The summed E-state index contributed by atoms with van der Waals surface area (Å²) in [6.45, 7) is 1.96. The van der Waals surface area contributed by atoms with Crippen molar-refractivity contribution in [2.75, 3.05) is 19.0 Å². The number of azo groups is 1. The molecule has 1 atom stereocenters. The predicted molar refractivity (Wildman–Crippen MR) is 114 cm³/mol. The van der Waals surface area contributed by atoms with Crippen LogP contribution in [0.15, 0.2) is 89.1 Å². The van der Waals surface area contributed by atoms with Crippen molar-refractivity contribution in [1.29, 1.82) is 0 Å². The van der Waals surface area contributed by atoms with Gasteiger partial charge in [-0.15, -0.1) is 5.11 Å². The van der Waals surface area contributed by atoms with Crippen LogP contribution in [-0.4, -0.2) is 20.0 Å². The highest BCUT2D eigenvalue weighted by atomic mass is 16.1. The van der Waals surface area contributed by atoms with Crippen molar-refractivity contribution in [2.24, 2.45) is 10.2 Å². The molecular weight excluding hydrogens is 348 g/mol. The number of carbonyl (C=O) groups is 1. The van der Waals surface area contributed by atoms with Crippen LogP contribution in [0.4, 0.5) is 17.1 Å². The number of benzene rings is 3. The third-order valence-corrected chi connectivity index (χ3v) is 4.44. The molecule has 0 radical (unpaired) electrons. The molecule has 0 bridgehead atoms. The fourth-order valence-electron chi connectivity index (χ4n) is 2.78. The largest absolute Gasteiger partial charge is 0.378 e. The first kappa shape index (κ1) is 19.3. The standard InChI is InChI=1S/C23H24N4O/c1-17(18-9-5-4-6-10-18)24-23(28)21-11-7-8-12-22(21)26-25-19-13-15-20(16-14-19)27(2)3/h4-17H,1-3H3,(H,24,28). The number of anilines is 1. The highest BCUT2D eigenvalue weighted by Crippen LogP contribution is 2.24. The number of amides is 1. The van der Waals surface area contributed by atoms with Gasteiger partial charge in [-0.05, 0) is 48.9 Å². The normalized spacial score (nSPS) is 12.0. The Hall–Kier alpha value is -3.47. The quantitative estimate of drug-likeness (QED) is 0.568. The first-order valence-electron chi connectivity index (χ1n) is 9.18. The van der Waals surface area contributed by atoms with Crippen molar-refractivity contribution >= 4 is 23.0 Å². The van der Waals surface area contributed by atoms with E-state index in [-0.39, 0.29) is 11.9 Å². The first-order valence-corrected chi connectivity index (χ1v) is 9.18. The maximum Gasteiger partial charge on any atom is 0.254 e. The molecule has 3 rings (SSSR count). The molecule has 3 aromatic carbocycles. The summed E-state index contributed by atoms with van der Waals surface area (Å²) < 4.78 is 0. The zero-order chi connectivity index (χ0) is 19.9.